The highest BCUT2D eigenvalue weighted by Gasteiger charge is 2.38. The summed E-state index contributed by atoms with van der Waals surface area (Å²) in [6.45, 7) is 6.84. The van der Waals surface area contributed by atoms with E-state index in [1.54, 1.807) is 30.2 Å². The number of nitrogens with zero attached hydrogens (tertiary/aromatic N) is 2. The molecule has 8 nitrogen and oxygen atoms in total. The minimum atomic E-state index is -0.494. The Bertz CT molecular complexity index is 1160. The number of benzene rings is 1. The fraction of sp³-hybridized carbons (Fsp3) is 0.483. The lowest BCUT2D eigenvalue weighted by atomic mass is 9.84. The fourth-order valence-electron chi connectivity index (χ4n) is 4.89. The average molecular weight is 543 g/mol. The third kappa shape index (κ3) is 6.92. The molecule has 1 aromatic carbocycles. The van der Waals surface area contributed by atoms with E-state index >= 15 is 0 Å². The number of ether oxygens (including phenoxy) is 3. The number of hydrogen-bond donors (Lipinski definition) is 1. The molecule has 2 unspecified atom stereocenters. The first kappa shape index (κ1) is 28.1. The maximum absolute atomic E-state index is 13.5. The number of carbonyl (C=O) groups is 2. The monoisotopic (exact) mass is 542 g/mol. The summed E-state index contributed by atoms with van der Waals surface area (Å²) in [4.78, 5) is 32.5. The van der Waals surface area contributed by atoms with E-state index in [0.29, 0.717) is 41.7 Å². The summed E-state index contributed by atoms with van der Waals surface area (Å²) < 4.78 is 17.5. The van der Waals surface area contributed by atoms with E-state index in [4.69, 9.17) is 25.8 Å². The molecule has 0 radical (unpaired) electrons. The predicted octanol–water partition coefficient (Wildman–Crippen LogP) is 4.79. The molecule has 38 heavy (non-hydrogen) atoms. The maximum atomic E-state index is 13.5. The molecule has 1 N–H and O–H groups in total. The molecule has 204 valence electrons. The molecule has 1 saturated heterocycles. The highest BCUT2D eigenvalue weighted by molar-refractivity contribution is 6.29. The Morgan fingerprint density at radius 3 is 2.63 bits per heavy atom. The first-order valence-corrected chi connectivity index (χ1v) is 13.3. The van der Waals surface area contributed by atoms with Gasteiger partial charge >= 0.3 is 5.97 Å². The van der Waals surface area contributed by atoms with Crippen LogP contribution in [0.15, 0.2) is 53.9 Å². The highest BCUT2D eigenvalue weighted by Crippen LogP contribution is 2.38. The van der Waals surface area contributed by atoms with Gasteiger partial charge in [0.2, 0.25) is 5.91 Å². The van der Waals surface area contributed by atoms with E-state index in [1.807, 2.05) is 38.1 Å². The largest absolute Gasteiger partial charge is 0.488 e. The first-order valence-electron chi connectivity index (χ1n) is 13.0. The molecule has 4 rings (SSSR count). The lowest BCUT2D eigenvalue weighted by Crippen LogP contribution is -2.42. The van der Waals surface area contributed by atoms with Crippen molar-refractivity contribution in [1.82, 2.24) is 9.88 Å². The van der Waals surface area contributed by atoms with E-state index in [-0.39, 0.29) is 31.6 Å². The van der Waals surface area contributed by atoms with E-state index in [2.05, 4.69) is 4.98 Å². The smallest absolute Gasteiger partial charge is 0.336 e. The number of pyridine rings is 1. The minimum Gasteiger partial charge on any atom is -0.488 e. The number of aliphatic hydroxyl groups excluding tert-OH is 1. The number of aromatic nitrogens is 1. The number of esters is 1. The number of hydrogen-bond acceptors (Lipinski definition) is 7. The Hall–Kier alpha value is -2.94. The zero-order valence-electron chi connectivity index (χ0n) is 22.1. The van der Waals surface area contributed by atoms with Gasteiger partial charge in [-0.2, -0.15) is 0 Å². The van der Waals surface area contributed by atoms with E-state index in [0.717, 1.165) is 24.0 Å². The van der Waals surface area contributed by atoms with Gasteiger partial charge in [-0.25, -0.2) is 9.78 Å². The fourth-order valence-corrected chi connectivity index (χ4v) is 5.00. The summed E-state index contributed by atoms with van der Waals surface area (Å²) in [6.07, 6.45) is 4.06. The predicted molar refractivity (Wildman–Crippen MR) is 143 cm³/mol. The number of carbonyl (C=O) groups excluding carboxylic acids is 2. The summed E-state index contributed by atoms with van der Waals surface area (Å²) in [5, 5.41) is 9.55. The van der Waals surface area contributed by atoms with Crippen molar-refractivity contribution in [2.45, 2.75) is 70.7 Å². The van der Waals surface area contributed by atoms with Crippen molar-refractivity contribution in [3.8, 4) is 5.75 Å². The molecule has 9 heteroatoms. The van der Waals surface area contributed by atoms with Gasteiger partial charge in [-0.1, -0.05) is 29.8 Å². The molecule has 3 heterocycles. The molecule has 2 aliphatic heterocycles. The van der Waals surface area contributed by atoms with Gasteiger partial charge in [0.1, 0.15) is 23.1 Å². The molecule has 2 aromatic rings. The summed E-state index contributed by atoms with van der Waals surface area (Å²) in [6, 6.07) is 10.8. The van der Waals surface area contributed by atoms with E-state index < -0.39 is 17.5 Å². The topological polar surface area (TPSA) is 98.2 Å². The molecule has 0 spiro atoms. The molecule has 2 atom stereocenters. The zero-order chi connectivity index (χ0) is 27.3. The van der Waals surface area contributed by atoms with Gasteiger partial charge in [-0.05, 0) is 62.9 Å². The van der Waals surface area contributed by atoms with Gasteiger partial charge < -0.3 is 24.2 Å². The molecule has 1 amide bonds. The van der Waals surface area contributed by atoms with Crippen molar-refractivity contribution >= 4 is 23.5 Å². The Labute approximate surface area is 228 Å². The molecule has 1 fully saturated rings. The van der Waals surface area contributed by atoms with Gasteiger partial charge in [0.05, 0.1) is 18.2 Å². The molecular formula is C29H35ClN2O6. The quantitative estimate of drug-likeness (QED) is 0.340. The summed E-state index contributed by atoms with van der Waals surface area (Å²) >= 11 is 5.98. The lowest BCUT2D eigenvalue weighted by molar-refractivity contribution is -0.141. The normalized spacial score (nSPS) is 20.1. The molecule has 1 aromatic heterocycles. The highest BCUT2D eigenvalue weighted by atomic mass is 35.5. The third-order valence-corrected chi connectivity index (χ3v) is 7.23. The number of amides is 1. The standard InChI is InChI=1S/C29H35ClN2O6/c1-19-27(28(35)37-18-20-6-9-22(10-7-20)38-29(2,3)12-13-33)24(21-8-11-25(30)31-16-21)15-26(34)32(19)17-23-5-4-14-36-23/h6-11,16,23-24,33H,4-5,12-15,17-18H2,1-3H3. The molecule has 0 bridgehead atoms. The molecular weight excluding hydrogens is 508 g/mol. The van der Waals surface area contributed by atoms with E-state index in [9.17, 15) is 14.7 Å². The second kappa shape index (κ2) is 12.3. The van der Waals surface area contributed by atoms with Crippen LogP contribution in [0.1, 0.15) is 63.5 Å². The average Bonchev–Trinajstić information content (AvgIpc) is 3.39. The number of rotatable bonds is 10. The van der Waals surface area contributed by atoms with Crippen LogP contribution in [0.4, 0.5) is 0 Å². The van der Waals surface area contributed by atoms with Crippen LogP contribution in [-0.2, 0) is 25.7 Å². The first-order chi connectivity index (χ1) is 18.2. The van der Waals surface area contributed by atoms with Crippen LogP contribution < -0.4 is 4.74 Å². The number of halogens is 1. The second-order valence-electron chi connectivity index (χ2n) is 10.4. The number of allylic oxidation sites excluding steroid dienone is 1. The summed E-state index contributed by atoms with van der Waals surface area (Å²) in [5.74, 6) is -0.348. The van der Waals surface area contributed by atoms with Crippen molar-refractivity contribution in [2.75, 3.05) is 19.8 Å². The van der Waals surface area contributed by atoms with Crippen molar-refractivity contribution in [3.63, 3.8) is 0 Å². The lowest BCUT2D eigenvalue weighted by Gasteiger charge is -2.35. The van der Waals surface area contributed by atoms with E-state index in [1.165, 1.54) is 0 Å². The molecule has 2 aliphatic rings. The molecule has 0 saturated carbocycles. The van der Waals surface area contributed by atoms with Crippen LogP contribution >= 0.6 is 11.6 Å². The van der Waals surface area contributed by atoms with Crippen molar-refractivity contribution < 1.29 is 28.9 Å². The van der Waals surface area contributed by atoms with Crippen molar-refractivity contribution in [1.29, 1.82) is 0 Å². The summed E-state index contributed by atoms with van der Waals surface area (Å²) in [5.41, 5.74) is 2.06. The van der Waals surface area contributed by atoms with Crippen LogP contribution in [0.5, 0.6) is 5.75 Å². The SMILES string of the molecule is CC1=C(C(=O)OCc2ccc(OC(C)(C)CCO)cc2)C(c2ccc(Cl)nc2)CC(=O)N1CC1CCCO1. The Kier molecular flexibility index (Phi) is 9.07. The van der Waals surface area contributed by atoms with Crippen molar-refractivity contribution in [3.05, 3.63) is 70.1 Å². The summed E-state index contributed by atoms with van der Waals surface area (Å²) in [7, 11) is 0. The van der Waals surface area contributed by atoms with Crippen molar-refractivity contribution in [2.24, 2.45) is 0 Å². The van der Waals surface area contributed by atoms with Gasteiger partial charge in [0.15, 0.2) is 0 Å². The van der Waals surface area contributed by atoms with Crippen LogP contribution in [0, 0.1) is 0 Å². The zero-order valence-corrected chi connectivity index (χ0v) is 22.9. The Morgan fingerprint density at radius 1 is 1.24 bits per heavy atom. The Morgan fingerprint density at radius 2 is 2.00 bits per heavy atom. The van der Waals surface area contributed by atoms with Gasteiger partial charge in [-0.3, -0.25) is 4.79 Å². The van der Waals surface area contributed by atoms with Gasteiger partial charge in [0, 0.05) is 43.9 Å². The van der Waals surface area contributed by atoms with Crippen LogP contribution in [0.3, 0.4) is 0 Å². The number of aliphatic hydroxyl groups is 1. The minimum absolute atomic E-state index is 0.0389. The van der Waals surface area contributed by atoms with Gasteiger partial charge in [-0.15, -0.1) is 0 Å². The second-order valence-corrected chi connectivity index (χ2v) is 10.8. The van der Waals surface area contributed by atoms with Gasteiger partial charge in [0.25, 0.3) is 0 Å². The third-order valence-electron chi connectivity index (χ3n) is 7.01. The van der Waals surface area contributed by atoms with Crippen LogP contribution in [0.25, 0.3) is 0 Å². The molecule has 0 aliphatic carbocycles. The Balaban J connectivity index is 1.52. The maximum Gasteiger partial charge on any atom is 0.336 e. The van der Waals surface area contributed by atoms with Crippen LogP contribution in [-0.4, -0.2) is 58.3 Å². The van der Waals surface area contributed by atoms with Crippen LogP contribution in [0.2, 0.25) is 5.15 Å².